The summed E-state index contributed by atoms with van der Waals surface area (Å²) in [5.41, 5.74) is 2.01. The van der Waals surface area contributed by atoms with Gasteiger partial charge in [-0.3, -0.25) is 4.79 Å². The summed E-state index contributed by atoms with van der Waals surface area (Å²) in [6, 6.07) is 8.94. The minimum atomic E-state index is -1.49. The first-order valence-corrected chi connectivity index (χ1v) is 15.4. The Morgan fingerprint density at radius 2 is 1.62 bits per heavy atom. The van der Waals surface area contributed by atoms with Gasteiger partial charge in [-0.05, 0) is 38.2 Å². The van der Waals surface area contributed by atoms with Crippen molar-refractivity contribution in [3.8, 4) is 5.75 Å². The van der Waals surface area contributed by atoms with Crippen LogP contribution in [0.5, 0.6) is 5.75 Å². The molecule has 1 aromatic carbocycles. The maximum atomic E-state index is 12.2. The fourth-order valence-corrected chi connectivity index (χ4v) is 9.19. The normalized spacial score (nSPS) is 12.9. The number of thiophene rings is 1. The van der Waals surface area contributed by atoms with Crippen LogP contribution in [0.4, 0.5) is 0 Å². The van der Waals surface area contributed by atoms with Crippen molar-refractivity contribution >= 4 is 41.6 Å². The van der Waals surface area contributed by atoms with E-state index in [0.717, 1.165) is 22.3 Å². The van der Waals surface area contributed by atoms with Crippen LogP contribution < -0.4 is 9.24 Å². The average molecular weight is 449 g/mol. The lowest BCUT2D eigenvalue weighted by atomic mass is 9.79. The Morgan fingerprint density at radius 1 is 1.07 bits per heavy atom. The first-order chi connectivity index (χ1) is 13.3. The number of rotatable bonds is 6. The van der Waals surface area contributed by atoms with Gasteiger partial charge in [0.15, 0.2) is 0 Å². The Bertz CT molecular complexity index is 806. The van der Waals surface area contributed by atoms with Gasteiger partial charge in [0.1, 0.15) is 13.8 Å². The molecule has 0 N–H and O–H groups in total. The molecule has 0 aliphatic rings. The van der Waals surface area contributed by atoms with Gasteiger partial charge in [0, 0.05) is 22.4 Å². The first-order valence-electron chi connectivity index (χ1n) is 10.3. The Kier molecular flexibility index (Phi) is 7.51. The average Bonchev–Trinajstić information content (AvgIpc) is 3.14. The van der Waals surface area contributed by atoms with E-state index in [1.807, 2.05) is 30.0 Å². The summed E-state index contributed by atoms with van der Waals surface area (Å²) in [6.07, 6.45) is 0.379. The van der Waals surface area contributed by atoms with Gasteiger partial charge >= 0.3 is 5.97 Å². The van der Waals surface area contributed by atoms with Crippen molar-refractivity contribution < 1.29 is 9.53 Å². The number of ether oxygens (including phenoxy) is 1. The molecule has 1 aromatic heterocycles. The molecule has 2 rings (SSSR count). The molecule has 0 saturated heterocycles. The fraction of sp³-hybridized carbons (Fsp3) is 0.542. The molecule has 0 unspecified atom stereocenters. The second-order valence-electron chi connectivity index (χ2n) is 10.3. The minimum Gasteiger partial charge on any atom is -0.426 e. The third kappa shape index (κ3) is 6.22. The van der Waals surface area contributed by atoms with Crippen LogP contribution in [0.3, 0.4) is 0 Å². The van der Waals surface area contributed by atoms with Gasteiger partial charge in [-0.15, -0.1) is 11.8 Å². The number of carbonyl (C=O) groups excluding carboxylic acids is 1. The molecule has 29 heavy (non-hydrogen) atoms. The number of thioether (sulfide) groups is 1. The highest BCUT2D eigenvalue weighted by molar-refractivity contribution is 8.01. The summed E-state index contributed by atoms with van der Waals surface area (Å²) in [5.74, 6) is 0.587. The summed E-state index contributed by atoms with van der Waals surface area (Å²) in [7, 11) is -1.49. The van der Waals surface area contributed by atoms with Crippen LogP contribution in [0, 0.1) is 0 Å². The van der Waals surface area contributed by atoms with E-state index in [0.29, 0.717) is 6.42 Å². The number of hydrogen-bond acceptors (Lipinski definition) is 4. The van der Waals surface area contributed by atoms with Crippen molar-refractivity contribution in [1.29, 1.82) is 0 Å². The van der Waals surface area contributed by atoms with Gasteiger partial charge in [-0.2, -0.15) is 11.3 Å². The molecule has 0 aliphatic heterocycles. The monoisotopic (exact) mass is 448 g/mol. The zero-order valence-electron chi connectivity index (χ0n) is 19.4. The Hall–Kier alpha value is -1.04. The molecular weight excluding hydrogens is 412 g/mol. The van der Waals surface area contributed by atoms with E-state index in [4.69, 9.17) is 4.74 Å². The second kappa shape index (κ2) is 8.99. The van der Waals surface area contributed by atoms with Crippen LogP contribution in [0.2, 0.25) is 13.1 Å². The van der Waals surface area contributed by atoms with Crippen molar-refractivity contribution in [1.82, 2.24) is 0 Å². The highest BCUT2D eigenvalue weighted by Crippen LogP contribution is 2.43. The van der Waals surface area contributed by atoms with E-state index in [2.05, 4.69) is 84.3 Å². The molecule has 0 bridgehead atoms. The Labute approximate surface area is 186 Å². The van der Waals surface area contributed by atoms with E-state index >= 15 is 0 Å². The second-order valence-corrected chi connectivity index (χ2v) is 17.9. The van der Waals surface area contributed by atoms with Crippen molar-refractivity contribution in [2.75, 3.05) is 5.38 Å². The lowest BCUT2D eigenvalue weighted by Crippen LogP contribution is -2.42. The third-order valence-electron chi connectivity index (χ3n) is 4.97. The topological polar surface area (TPSA) is 26.3 Å². The van der Waals surface area contributed by atoms with Crippen molar-refractivity contribution in [3.63, 3.8) is 0 Å². The molecular formula is C24H36O2S2Si. The van der Waals surface area contributed by atoms with E-state index in [1.54, 1.807) is 4.50 Å². The molecule has 0 radical (unpaired) electrons. The lowest BCUT2D eigenvalue weighted by Gasteiger charge is -2.30. The highest BCUT2D eigenvalue weighted by Gasteiger charge is 2.30. The van der Waals surface area contributed by atoms with Gasteiger partial charge in [0.25, 0.3) is 0 Å². The van der Waals surface area contributed by atoms with Crippen LogP contribution >= 0.6 is 23.1 Å². The predicted molar refractivity (Wildman–Crippen MR) is 132 cm³/mol. The summed E-state index contributed by atoms with van der Waals surface area (Å²) in [6.45, 7) is 19.9. The quantitative estimate of drug-likeness (QED) is 0.208. The van der Waals surface area contributed by atoms with Gasteiger partial charge in [0.05, 0.1) is 0 Å². The molecule has 0 atom stereocenters. The highest BCUT2D eigenvalue weighted by atomic mass is 32.2. The Morgan fingerprint density at radius 3 is 2.03 bits per heavy atom. The summed E-state index contributed by atoms with van der Waals surface area (Å²) >= 11 is 3.83. The molecule has 0 aliphatic carbocycles. The fourth-order valence-electron chi connectivity index (χ4n) is 3.09. The molecule has 1 heterocycles. The summed E-state index contributed by atoms with van der Waals surface area (Å²) in [4.78, 5) is 13.5. The van der Waals surface area contributed by atoms with Crippen molar-refractivity contribution in [3.05, 3.63) is 40.8 Å². The largest absolute Gasteiger partial charge is 0.426 e. The maximum Gasteiger partial charge on any atom is 0.310 e. The van der Waals surface area contributed by atoms with Crippen molar-refractivity contribution in [2.45, 2.75) is 83.7 Å². The van der Waals surface area contributed by atoms with Crippen LogP contribution in [0.25, 0.3) is 0 Å². The van der Waals surface area contributed by atoms with E-state index < -0.39 is 8.07 Å². The zero-order valence-corrected chi connectivity index (χ0v) is 22.1. The number of esters is 1. The molecule has 5 heteroatoms. The molecule has 2 nitrogen and oxygen atoms in total. The SMILES string of the molecule is CCC(=O)Oc1c(C(C)(C)C)cc(SC[Si](C)(C)c2cccs2)cc1C(C)(C)C. The third-order valence-corrected chi connectivity index (χ3v) is 13.2. The van der Waals surface area contributed by atoms with E-state index in [9.17, 15) is 4.79 Å². The maximum absolute atomic E-state index is 12.2. The van der Waals surface area contributed by atoms with Crippen LogP contribution in [0.15, 0.2) is 34.5 Å². The van der Waals surface area contributed by atoms with Crippen LogP contribution in [-0.2, 0) is 15.6 Å². The number of benzene rings is 1. The van der Waals surface area contributed by atoms with E-state index in [-0.39, 0.29) is 16.8 Å². The first kappa shape index (κ1) is 24.2. The van der Waals surface area contributed by atoms with Crippen LogP contribution in [-0.4, -0.2) is 19.4 Å². The Balaban J connectivity index is 2.50. The van der Waals surface area contributed by atoms with Gasteiger partial charge < -0.3 is 4.74 Å². The molecule has 0 saturated carbocycles. The molecule has 0 fully saturated rings. The standard InChI is InChI=1S/C24H36O2S2Si/c1-10-20(25)26-22-18(23(2,3)4)14-17(15-19(22)24(5,6)7)28-16-29(8,9)21-12-11-13-27-21/h11-15H,10,16H2,1-9H3. The summed E-state index contributed by atoms with van der Waals surface area (Å²) < 4.78 is 7.45. The zero-order chi connectivity index (χ0) is 22.0. The smallest absolute Gasteiger partial charge is 0.310 e. The molecule has 160 valence electrons. The molecule has 0 amide bonds. The van der Waals surface area contributed by atoms with Gasteiger partial charge in [0.2, 0.25) is 0 Å². The predicted octanol–water partition coefficient (Wildman–Crippen LogP) is 6.91. The number of carbonyl (C=O) groups is 1. The number of hydrogen-bond donors (Lipinski definition) is 0. The molecule has 2 aromatic rings. The summed E-state index contributed by atoms with van der Waals surface area (Å²) in [5, 5.41) is 3.32. The minimum absolute atomic E-state index is 0.110. The molecule has 0 spiro atoms. The van der Waals surface area contributed by atoms with Crippen LogP contribution in [0.1, 0.15) is 66.0 Å². The van der Waals surface area contributed by atoms with Gasteiger partial charge in [-0.1, -0.05) is 73.7 Å². The van der Waals surface area contributed by atoms with E-state index in [1.165, 1.54) is 4.90 Å². The van der Waals surface area contributed by atoms with Gasteiger partial charge in [-0.25, -0.2) is 0 Å². The van der Waals surface area contributed by atoms with Crippen molar-refractivity contribution in [2.24, 2.45) is 0 Å². The lowest BCUT2D eigenvalue weighted by molar-refractivity contribution is -0.134.